The topological polar surface area (TPSA) is 64.0 Å². The number of hydrogen-bond acceptors (Lipinski definition) is 3. The van der Waals surface area contributed by atoms with Gasteiger partial charge in [-0.25, -0.2) is 4.98 Å². The van der Waals surface area contributed by atoms with Crippen LogP contribution in [0.15, 0.2) is 65.5 Å². The van der Waals surface area contributed by atoms with Crippen molar-refractivity contribution in [2.24, 2.45) is 0 Å². The van der Waals surface area contributed by atoms with Crippen LogP contribution in [0.25, 0.3) is 16.6 Å². The van der Waals surface area contributed by atoms with E-state index in [4.69, 9.17) is 34.8 Å². The number of anilines is 1. The molecule has 0 atom stereocenters. The third-order valence-electron chi connectivity index (χ3n) is 4.57. The molecule has 0 saturated carbocycles. The summed E-state index contributed by atoms with van der Waals surface area (Å²) in [6.07, 6.45) is 0. The Labute approximate surface area is 186 Å². The van der Waals surface area contributed by atoms with Crippen molar-refractivity contribution in [1.82, 2.24) is 9.55 Å². The van der Waals surface area contributed by atoms with Gasteiger partial charge < -0.3 is 5.32 Å². The van der Waals surface area contributed by atoms with E-state index >= 15 is 0 Å². The first-order valence-electron chi connectivity index (χ1n) is 8.90. The molecule has 0 aliphatic carbocycles. The van der Waals surface area contributed by atoms with Gasteiger partial charge in [0.15, 0.2) is 0 Å². The van der Waals surface area contributed by atoms with Gasteiger partial charge in [-0.2, -0.15) is 0 Å². The Bertz CT molecular complexity index is 1370. The van der Waals surface area contributed by atoms with Crippen LogP contribution in [0.5, 0.6) is 0 Å². The van der Waals surface area contributed by atoms with E-state index in [2.05, 4.69) is 10.3 Å². The molecule has 5 nitrogen and oxygen atoms in total. The SMILES string of the molecule is Cc1nc2ccccc2c(=O)n1-c1ccc(Cl)c(NC(=O)c2cc(Cl)ccc2Cl)c1. The molecule has 4 aromatic rings. The van der Waals surface area contributed by atoms with Gasteiger partial charge in [-0.3, -0.25) is 14.2 Å². The number of para-hydroxylation sites is 1. The number of amides is 1. The van der Waals surface area contributed by atoms with E-state index in [1.807, 2.05) is 6.07 Å². The summed E-state index contributed by atoms with van der Waals surface area (Å²) in [5.41, 5.74) is 1.47. The summed E-state index contributed by atoms with van der Waals surface area (Å²) in [5.74, 6) is 0.0402. The average Bonchev–Trinajstić information content (AvgIpc) is 2.72. The average molecular weight is 459 g/mol. The van der Waals surface area contributed by atoms with Crippen LogP contribution in [0.3, 0.4) is 0 Å². The first kappa shape index (κ1) is 20.4. The third-order valence-corrected chi connectivity index (χ3v) is 5.47. The maximum absolute atomic E-state index is 13.0. The molecule has 150 valence electrons. The predicted molar refractivity (Wildman–Crippen MR) is 122 cm³/mol. The lowest BCUT2D eigenvalue weighted by Crippen LogP contribution is -2.22. The zero-order valence-electron chi connectivity index (χ0n) is 15.6. The molecule has 4 rings (SSSR count). The van der Waals surface area contributed by atoms with Crippen molar-refractivity contribution in [3.63, 3.8) is 0 Å². The summed E-state index contributed by atoms with van der Waals surface area (Å²) in [6.45, 7) is 1.74. The van der Waals surface area contributed by atoms with E-state index in [0.717, 1.165) is 0 Å². The van der Waals surface area contributed by atoms with E-state index in [-0.39, 0.29) is 16.1 Å². The lowest BCUT2D eigenvalue weighted by atomic mass is 10.2. The molecule has 1 aromatic heterocycles. The maximum atomic E-state index is 13.0. The highest BCUT2D eigenvalue weighted by molar-refractivity contribution is 6.37. The van der Waals surface area contributed by atoms with Gasteiger partial charge in [0.1, 0.15) is 5.82 Å². The monoisotopic (exact) mass is 457 g/mol. The highest BCUT2D eigenvalue weighted by Crippen LogP contribution is 2.27. The summed E-state index contributed by atoms with van der Waals surface area (Å²) in [5, 5.41) is 4.18. The van der Waals surface area contributed by atoms with Gasteiger partial charge in [-0.15, -0.1) is 0 Å². The third kappa shape index (κ3) is 3.79. The number of nitrogens with zero attached hydrogens (tertiary/aromatic N) is 2. The summed E-state index contributed by atoms with van der Waals surface area (Å²) in [7, 11) is 0. The summed E-state index contributed by atoms with van der Waals surface area (Å²) >= 11 is 18.4. The molecular formula is C22H14Cl3N3O2. The normalized spacial score (nSPS) is 10.9. The molecule has 0 bridgehead atoms. The van der Waals surface area contributed by atoms with Crippen molar-refractivity contribution in [1.29, 1.82) is 0 Å². The van der Waals surface area contributed by atoms with E-state index in [1.165, 1.54) is 10.6 Å². The Hall–Kier alpha value is -2.86. The number of carbonyl (C=O) groups is 1. The van der Waals surface area contributed by atoms with E-state index < -0.39 is 5.91 Å². The van der Waals surface area contributed by atoms with Gasteiger partial charge in [-0.05, 0) is 55.5 Å². The number of carbonyl (C=O) groups excluding carboxylic acids is 1. The zero-order chi connectivity index (χ0) is 21.4. The molecule has 8 heteroatoms. The lowest BCUT2D eigenvalue weighted by Gasteiger charge is -2.14. The Kier molecular flexibility index (Phi) is 5.52. The molecule has 0 saturated heterocycles. The molecule has 3 aromatic carbocycles. The standard InChI is InChI=1S/C22H14Cl3N3O2/c1-12-26-19-5-3-2-4-15(19)22(30)28(12)14-7-9-18(25)20(11-14)27-21(29)16-10-13(23)6-8-17(16)24/h2-11H,1H3,(H,27,29). The number of hydrogen-bond donors (Lipinski definition) is 1. The quantitative estimate of drug-likeness (QED) is 0.415. The van der Waals surface area contributed by atoms with Gasteiger partial charge in [0, 0.05) is 5.02 Å². The second-order valence-corrected chi connectivity index (χ2v) is 7.81. The Morgan fingerprint density at radius 3 is 2.50 bits per heavy atom. The Balaban J connectivity index is 1.78. The molecule has 30 heavy (non-hydrogen) atoms. The molecule has 0 spiro atoms. The van der Waals surface area contributed by atoms with Crippen molar-refractivity contribution in [3.05, 3.63) is 97.5 Å². The van der Waals surface area contributed by atoms with Gasteiger partial charge in [0.2, 0.25) is 0 Å². The second-order valence-electron chi connectivity index (χ2n) is 6.56. The van der Waals surface area contributed by atoms with Crippen LogP contribution in [-0.4, -0.2) is 15.5 Å². The van der Waals surface area contributed by atoms with Crippen LogP contribution in [-0.2, 0) is 0 Å². The smallest absolute Gasteiger partial charge is 0.265 e. The second kappa shape index (κ2) is 8.11. The van der Waals surface area contributed by atoms with Gasteiger partial charge in [0.25, 0.3) is 11.5 Å². The highest BCUT2D eigenvalue weighted by atomic mass is 35.5. The maximum Gasteiger partial charge on any atom is 0.265 e. The fraction of sp³-hybridized carbons (Fsp3) is 0.0455. The molecule has 0 unspecified atom stereocenters. The zero-order valence-corrected chi connectivity index (χ0v) is 17.9. The van der Waals surface area contributed by atoms with Crippen LogP contribution in [0.1, 0.15) is 16.2 Å². The molecule has 0 aliphatic heterocycles. The summed E-state index contributed by atoms with van der Waals surface area (Å²) in [4.78, 5) is 30.2. The minimum atomic E-state index is -0.470. The summed E-state index contributed by atoms with van der Waals surface area (Å²) < 4.78 is 1.47. The molecule has 1 heterocycles. The Morgan fingerprint density at radius 1 is 0.967 bits per heavy atom. The largest absolute Gasteiger partial charge is 0.321 e. The number of halogens is 3. The fourth-order valence-corrected chi connectivity index (χ4v) is 3.70. The van der Waals surface area contributed by atoms with E-state index in [9.17, 15) is 9.59 Å². The lowest BCUT2D eigenvalue weighted by molar-refractivity contribution is 0.102. The van der Waals surface area contributed by atoms with Crippen LogP contribution < -0.4 is 10.9 Å². The van der Waals surface area contributed by atoms with Gasteiger partial charge in [0.05, 0.1) is 37.9 Å². The minimum Gasteiger partial charge on any atom is -0.321 e. The number of fused-ring (bicyclic) bond motifs is 1. The van der Waals surface area contributed by atoms with Crippen LogP contribution >= 0.6 is 34.8 Å². The van der Waals surface area contributed by atoms with Crippen molar-refractivity contribution in [3.8, 4) is 5.69 Å². The van der Waals surface area contributed by atoms with Crippen LogP contribution in [0, 0.1) is 6.92 Å². The first-order valence-corrected chi connectivity index (χ1v) is 10.0. The number of aryl methyl sites for hydroxylation is 1. The molecule has 0 fully saturated rings. The molecule has 1 amide bonds. The van der Waals surface area contributed by atoms with Gasteiger partial charge >= 0.3 is 0 Å². The van der Waals surface area contributed by atoms with Crippen molar-refractivity contribution in [2.45, 2.75) is 6.92 Å². The van der Waals surface area contributed by atoms with E-state index in [1.54, 1.807) is 55.5 Å². The van der Waals surface area contributed by atoms with Crippen LogP contribution in [0.4, 0.5) is 5.69 Å². The molecule has 0 radical (unpaired) electrons. The molecule has 0 aliphatic rings. The highest BCUT2D eigenvalue weighted by Gasteiger charge is 2.15. The Morgan fingerprint density at radius 2 is 1.70 bits per heavy atom. The van der Waals surface area contributed by atoms with Crippen molar-refractivity contribution in [2.75, 3.05) is 5.32 Å². The fourth-order valence-electron chi connectivity index (χ4n) is 3.16. The number of aromatic nitrogens is 2. The number of benzene rings is 3. The van der Waals surface area contributed by atoms with Gasteiger partial charge in [-0.1, -0.05) is 46.9 Å². The molecular weight excluding hydrogens is 445 g/mol. The molecule has 1 N–H and O–H groups in total. The summed E-state index contributed by atoms with van der Waals surface area (Å²) in [6, 6.07) is 16.6. The van der Waals surface area contributed by atoms with Crippen molar-refractivity contribution >= 4 is 57.3 Å². The van der Waals surface area contributed by atoms with E-state index in [0.29, 0.717) is 38.1 Å². The predicted octanol–water partition coefficient (Wildman–Crippen LogP) is 5.91. The number of rotatable bonds is 3. The minimum absolute atomic E-state index is 0.212. The first-order chi connectivity index (χ1) is 14.3. The van der Waals surface area contributed by atoms with Crippen LogP contribution in [0.2, 0.25) is 15.1 Å². The number of nitrogens with one attached hydrogen (secondary N) is 1. The van der Waals surface area contributed by atoms with Crippen molar-refractivity contribution < 1.29 is 4.79 Å².